The predicted molar refractivity (Wildman–Crippen MR) is 102 cm³/mol. The third kappa shape index (κ3) is 3.63. The largest absolute Gasteiger partial charge is 0.467 e. The Bertz CT molecular complexity index is 930. The van der Waals surface area contributed by atoms with E-state index in [4.69, 9.17) is 4.74 Å². The Morgan fingerprint density at radius 1 is 1.15 bits per heavy atom. The maximum absolute atomic E-state index is 12.6. The lowest BCUT2D eigenvalue weighted by Crippen LogP contribution is -2.44. The second-order valence-corrected chi connectivity index (χ2v) is 7.34. The molecule has 140 valence electrons. The minimum atomic E-state index is -0.0257. The fourth-order valence-electron chi connectivity index (χ4n) is 3.78. The van der Waals surface area contributed by atoms with Crippen molar-refractivity contribution in [3.05, 3.63) is 42.9 Å². The number of rotatable bonds is 4. The third-order valence-corrected chi connectivity index (χ3v) is 4.88. The molecule has 1 saturated heterocycles. The third-order valence-electron chi connectivity index (χ3n) is 4.88. The number of fused-ring (bicyclic) bond motifs is 1. The molecule has 1 fully saturated rings. The first-order chi connectivity index (χ1) is 13.1. The molecule has 2 unspecified atom stereocenters. The molecule has 0 bridgehead atoms. The van der Waals surface area contributed by atoms with Gasteiger partial charge in [-0.05, 0) is 30.4 Å². The van der Waals surface area contributed by atoms with Gasteiger partial charge in [0.2, 0.25) is 5.88 Å². The van der Waals surface area contributed by atoms with Gasteiger partial charge in [-0.15, -0.1) is 0 Å². The highest BCUT2D eigenvalue weighted by molar-refractivity contribution is 5.82. The number of carbonyl (C=O) groups excluding carboxylic acids is 1. The maximum Gasteiger partial charge on any atom is 0.260 e. The number of carbonyl (C=O) groups is 1. The van der Waals surface area contributed by atoms with Crippen LogP contribution in [0.15, 0.2) is 42.9 Å². The Kier molecular flexibility index (Phi) is 4.75. The van der Waals surface area contributed by atoms with Gasteiger partial charge in [0, 0.05) is 13.1 Å². The van der Waals surface area contributed by atoms with Gasteiger partial charge >= 0.3 is 0 Å². The predicted octanol–water partition coefficient (Wildman–Crippen LogP) is 2.70. The van der Waals surface area contributed by atoms with E-state index < -0.39 is 0 Å². The molecule has 1 aliphatic heterocycles. The molecule has 0 radical (unpaired) electrons. The Balaban J connectivity index is 1.51. The second kappa shape index (κ2) is 7.34. The molecule has 7 heteroatoms. The SMILES string of the molecule is CC1CC(C)CN(C(=O)COc2ncnc3c2cnn3-c2ccccc2)C1. The molecule has 4 rings (SSSR count). The van der Waals surface area contributed by atoms with Gasteiger partial charge in [-0.3, -0.25) is 4.79 Å². The van der Waals surface area contributed by atoms with Crippen molar-refractivity contribution in [2.75, 3.05) is 19.7 Å². The van der Waals surface area contributed by atoms with Crippen LogP contribution >= 0.6 is 0 Å². The van der Waals surface area contributed by atoms with Crippen molar-refractivity contribution in [1.29, 1.82) is 0 Å². The van der Waals surface area contributed by atoms with Gasteiger partial charge in [-0.1, -0.05) is 32.0 Å². The van der Waals surface area contributed by atoms with Gasteiger partial charge in [0.1, 0.15) is 11.7 Å². The van der Waals surface area contributed by atoms with Crippen molar-refractivity contribution >= 4 is 16.9 Å². The molecular weight excluding hydrogens is 342 g/mol. The average molecular weight is 365 g/mol. The zero-order valence-electron chi connectivity index (χ0n) is 15.6. The molecule has 1 aromatic carbocycles. The van der Waals surface area contributed by atoms with E-state index in [1.165, 1.54) is 6.33 Å². The standard InChI is InChI=1S/C20H23N5O2/c1-14-8-15(2)11-24(10-14)18(26)12-27-20-17-9-23-25(19(17)21-13-22-20)16-6-4-3-5-7-16/h3-7,9,13-15H,8,10-12H2,1-2H3. The zero-order chi connectivity index (χ0) is 18.8. The van der Waals surface area contributed by atoms with Crippen molar-refractivity contribution < 1.29 is 9.53 Å². The van der Waals surface area contributed by atoms with Crippen molar-refractivity contribution in [2.45, 2.75) is 20.3 Å². The van der Waals surface area contributed by atoms with Crippen LogP contribution in [0.4, 0.5) is 0 Å². The van der Waals surface area contributed by atoms with Crippen molar-refractivity contribution in [2.24, 2.45) is 11.8 Å². The minimum Gasteiger partial charge on any atom is -0.467 e. The molecule has 2 atom stereocenters. The summed E-state index contributed by atoms with van der Waals surface area (Å²) in [5, 5.41) is 5.09. The topological polar surface area (TPSA) is 73.1 Å². The van der Waals surface area contributed by atoms with Crippen molar-refractivity contribution in [1.82, 2.24) is 24.6 Å². The average Bonchev–Trinajstić information content (AvgIpc) is 3.10. The summed E-state index contributed by atoms with van der Waals surface area (Å²) < 4.78 is 7.49. The van der Waals surface area contributed by atoms with Gasteiger partial charge in [0.15, 0.2) is 12.3 Å². The lowest BCUT2D eigenvalue weighted by atomic mass is 9.92. The molecule has 0 aliphatic carbocycles. The molecule has 0 N–H and O–H groups in total. The second-order valence-electron chi connectivity index (χ2n) is 7.34. The summed E-state index contributed by atoms with van der Waals surface area (Å²) in [5.74, 6) is 1.42. The van der Waals surface area contributed by atoms with Gasteiger partial charge in [-0.25, -0.2) is 14.6 Å². The number of benzene rings is 1. The lowest BCUT2D eigenvalue weighted by molar-refractivity contribution is -0.136. The van der Waals surface area contributed by atoms with E-state index in [1.54, 1.807) is 10.9 Å². The monoisotopic (exact) mass is 365 g/mol. The summed E-state index contributed by atoms with van der Waals surface area (Å²) >= 11 is 0. The molecule has 3 heterocycles. The smallest absolute Gasteiger partial charge is 0.260 e. The number of hydrogen-bond donors (Lipinski definition) is 0. The van der Waals surface area contributed by atoms with Crippen molar-refractivity contribution in [3.63, 3.8) is 0 Å². The van der Waals surface area contributed by atoms with E-state index >= 15 is 0 Å². The molecule has 7 nitrogen and oxygen atoms in total. The van der Waals surface area contributed by atoms with Crippen LogP contribution in [0.5, 0.6) is 5.88 Å². The Morgan fingerprint density at radius 3 is 2.63 bits per heavy atom. The van der Waals surface area contributed by atoms with Gasteiger partial charge < -0.3 is 9.64 Å². The van der Waals surface area contributed by atoms with E-state index in [1.807, 2.05) is 35.2 Å². The molecule has 1 amide bonds. The highest BCUT2D eigenvalue weighted by atomic mass is 16.5. The van der Waals surface area contributed by atoms with Crippen LogP contribution in [-0.4, -0.2) is 50.3 Å². The summed E-state index contributed by atoms with van der Waals surface area (Å²) in [6, 6.07) is 9.75. The number of piperidine rings is 1. The Hall–Kier alpha value is -2.96. The van der Waals surface area contributed by atoms with Gasteiger partial charge in [0.05, 0.1) is 11.9 Å². The van der Waals surface area contributed by atoms with Crippen LogP contribution in [-0.2, 0) is 4.79 Å². The number of para-hydroxylation sites is 1. The fraction of sp³-hybridized carbons (Fsp3) is 0.400. The minimum absolute atomic E-state index is 0.00406. The highest BCUT2D eigenvalue weighted by Gasteiger charge is 2.26. The van der Waals surface area contributed by atoms with Crippen molar-refractivity contribution in [3.8, 4) is 11.6 Å². The van der Waals surface area contributed by atoms with Crippen LogP contribution in [0.3, 0.4) is 0 Å². The quantitative estimate of drug-likeness (QED) is 0.711. The van der Waals surface area contributed by atoms with E-state index in [0.717, 1.165) is 25.2 Å². The molecule has 3 aromatic rings. The number of nitrogens with zero attached hydrogens (tertiary/aromatic N) is 5. The van der Waals surface area contributed by atoms with Gasteiger partial charge in [-0.2, -0.15) is 5.10 Å². The molecule has 1 aliphatic rings. The van der Waals surface area contributed by atoms with Crippen LogP contribution < -0.4 is 4.74 Å². The fourth-order valence-corrected chi connectivity index (χ4v) is 3.78. The number of likely N-dealkylation sites (tertiary alicyclic amines) is 1. The van der Waals surface area contributed by atoms with E-state index in [-0.39, 0.29) is 12.5 Å². The lowest BCUT2D eigenvalue weighted by Gasteiger charge is -2.34. The molecule has 0 spiro atoms. The first-order valence-electron chi connectivity index (χ1n) is 9.26. The zero-order valence-corrected chi connectivity index (χ0v) is 15.6. The number of hydrogen-bond acceptors (Lipinski definition) is 5. The molecule has 0 saturated carbocycles. The maximum atomic E-state index is 12.6. The summed E-state index contributed by atoms with van der Waals surface area (Å²) in [7, 11) is 0. The van der Waals surface area contributed by atoms with Crippen LogP contribution in [0, 0.1) is 11.8 Å². The van der Waals surface area contributed by atoms with Crippen LogP contribution in [0.25, 0.3) is 16.7 Å². The number of ether oxygens (including phenoxy) is 1. The normalized spacial score (nSPS) is 20.0. The van der Waals surface area contributed by atoms with Crippen LogP contribution in [0.2, 0.25) is 0 Å². The summed E-state index contributed by atoms with van der Waals surface area (Å²) in [5.41, 5.74) is 1.56. The summed E-state index contributed by atoms with van der Waals surface area (Å²) in [6.07, 6.45) is 4.28. The Labute approximate surface area is 158 Å². The number of amides is 1. The molecular formula is C20H23N5O2. The highest BCUT2D eigenvalue weighted by Crippen LogP contribution is 2.24. The van der Waals surface area contributed by atoms with Crippen LogP contribution in [0.1, 0.15) is 20.3 Å². The van der Waals surface area contributed by atoms with E-state index in [9.17, 15) is 4.79 Å². The number of aromatic nitrogens is 4. The van der Waals surface area contributed by atoms with E-state index in [0.29, 0.717) is 28.7 Å². The first kappa shape index (κ1) is 17.5. The summed E-state index contributed by atoms with van der Waals surface area (Å²) in [6.45, 7) is 5.92. The van der Waals surface area contributed by atoms with Gasteiger partial charge in [0.25, 0.3) is 5.91 Å². The van der Waals surface area contributed by atoms with E-state index in [2.05, 4.69) is 28.9 Å². The Morgan fingerprint density at radius 2 is 1.89 bits per heavy atom. The molecule has 27 heavy (non-hydrogen) atoms. The summed E-state index contributed by atoms with van der Waals surface area (Å²) in [4.78, 5) is 23.0. The first-order valence-corrected chi connectivity index (χ1v) is 9.26. The molecule has 2 aromatic heterocycles.